The molecule has 7 heteroatoms. The molecule has 1 heterocycles. The summed E-state index contributed by atoms with van der Waals surface area (Å²) >= 11 is 0. The van der Waals surface area contributed by atoms with Crippen LogP contribution in [0.3, 0.4) is 0 Å². The fourth-order valence-electron chi connectivity index (χ4n) is 2.05. The Kier molecular flexibility index (Phi) is 5.23. The molecule has 1 aromatic heterocycles. The highest BCUT2D eigenvalue weighted by Crippen LogP contribution is 2.19. The minimum absolute atomic E-state index is 0.178. The van der Waals surface area contributed by atoms with E-state index in [1.807, 2.05) is 25.1 Å². The van der Waals surface area contributed by atoms with Crippen LogP contribution in [0.1, 0.15) is 11.8 Å². The van der Waals surface area contributed by atoms with E-state index >= 15 is 0 Å². The summed E-state index contributed by atoms with van der Waals surface area (Å²) in [6.07, 6.45) is 1.57. The van der Waals surface area contributed by atoms with E-state index in [0.717, 1.165) is 0 Å². The van der Waals surface area contributed by atoms with Crippen LogP contribution >= 0.6 is 0 Å². The normalized spacial score (nSPS) is 13.3. The Morgan fingerprint density at radius 3 is 2.41 bits per heavy atom. The van der Waals surface area contributed by atoms with Gasteiger partial charge >= 0.3 is 0 Å². The Balaban J connectivity index is 2.10. The molecular formula is C15H20N2O4S. The van der Waals surface area contributed by atoms with Crippen LogP contribution in [0.5, 0.6) is 5.75 Å². The van der Waals surface area contributed by atoms with Crippen molar-refractivity contribution in [2.24, 2.45) is 0 Å². The molecule has 2 rings (SSSR count). The number of sulfonamides is 1. The smallest absolute Gasteiger partial charge is 0.240 e. The van der Waals surface area contributed by atoms with E-state index in [4.69, 9.17) is 9.15 Å². The van der Waals surface area contributed by atoms with Crippen molar-refractivity contribution in [1.82, 2.24) is 9.62 Å². The second-order valence-corrected chi connectivity index (χ2v) is 6.79. The zero-order valence-corrected chi connectivity index (χ0v) is 13.6. The van der Waals surface area contributed by atoms with Gasteiger partial charge in [0.2, 0.25) is 10.0 Å². The van der Waals surface area contributed by atoms with Gasteiger partial charge in [-0.3, -0.25) is 4.90 Å². The van der Waals surface area contributed by atoms with Crippen LogP contribution in [0.2, 0.25) is 0 Å². The highest BCUT2D eigenvalue weighted by molar-refractivity contribution is 7.89. The summed E-state index contributed by atoms with van der Waals surface area (Å²) in [5.41, 5.74) is 0. The third-order valence-electron chi connectivity index (χ3n) is 3.33. The largest absolute Gasteiger partial charge is 0.497 e. The first kappa shape index (κ1) is 16.5. The van der Waals surface area contributed by atoms with Gasteiger partial charge in [0, 0.05) is 6.54 Å². The zero-order valence-electron chi connectivity index (χ0n) is 12.8. The highest BCUT2D eigenvalue weighted by atomic mass is 32.2. The summed E-state index contributed by atoms with van der Waals surface area (Å²) in [7, 11) is 1.70. The monoisotopic (exact) mass is 324 g/mol. The molecule has 0 saturated heterocycles. The van der Waals surface area contributed by atoms with Crippen LogP contribution in [0.25, 0.3) is 0 Å². The molecule has 22 heavy (non-hydrogen) atoms. The molecule has 0 aliphatic heterocycles. The van der Waals surface area contributed by atoms with Crippen LogP contribution in [-0.2, 0) is 10.0 Å². The van der Waals surface area contributed by atoms with Gasteiger partial charge < -0.3 is 9.15 Å². The lowest BCUT2D eigenvalue weighted by atomic mass is 10.2. The molecular weight excluding hydrogens is 304 g/mol. The van der Waals surface area contributed by atoms with Crippen LogP contribution in [0.4, 0.5) is 0 Å². The van der Waals surface area contributed by atoms with Gasteiger partial charge in [-0.1, -0.05) is 0 Å². The van der Waals surface area contributed by atoms with Gasteiger partial charge in [0.05, 0.1) is 24.3 Å². The number of rotatable bonds is 7. The van der Waals surface area contributed by atoms with Crippen LogP contribution < -0.4 is 9.46 Å². The van der Waals surface area contributed by atoms with Crippen LogP contribution in [0.15, 0.2) is 52.0 Å². The van der Waals surface area contributed by atoms with Gasteiger partial charge in [-0.15, -0.1) is 0 Å². The number of nitrogens with zero attached hydrogens (tertiary/aromatic N) is 1. The molecule has 1 atom stereocenters. The summed E-state index contributed by atoms with van der Waals surface area (Å²) in [5.74, 6) is 1.32. The summed E-state index contributed by atoms with van der Waals surface area (Å²) in [6, 6.07) is 9.69. The molecule has 0 radical (unpaired) electrons. The number of likely N-dealkylation sites (N-methyl/N-ethyl adjacent to an activating group) is 1. The van der Waals surface area contributed by atoms with Gasteiger partial charge in [0.1, 0.15) is 11.5 Å². The SMILES string of the molecule is COc1ccc(S(=O)(=O)NC[C@H](c2ccco2)N(C)C)cc1. The number of methoxy groups -OCH3 is 1. The first-order valence-electron chi connectivity index (χ1n) is 6.77. The van der Waals surface area contributed by atoms with Crippen molar-refractivity contribution in [3.63, 3.8) is 0 Å². The van der Waals surface area contributed by atoms with E-state index in [9.17, 15) is 8.42 Å². The average Bonchev–Trinajstić information content (AvgIpc) is 3.01. The van der Waals surface area contributed by atoms with Gasteiger partial charge in [-0.05, 0) is 50.5 Å². The first-order chi connectivity index (χ1) is 10.4. The summed E-state index contributed by atoms with van der Waals surface area (Å²) in [5, 5.41) is 0. The maximum absolute atomic E-state index is 12.3. The van der Waals surface area contributed by atoms with Crippen LogP contribution in [-0.4, -0.2) is 41.1 Å². The van der Waals surface area contributed by atoms with E-state index in [1.54, 1.807) is 24.5 Å². The lowest BCUT2D eigenvalue weighted by Crippen LogP contribution is -2.34. The average molecular weight is 324 g/mol. The lowest BCUT2D eigenvalue weighted by molar-refractivity contribution is 0.259. The molecule has 0 bridgehead atoms. The number of hydrogen-bond donors (Lipinski definition) is 1. The molecule has 0 aliphatic rings. The fraction of sp³-hybridized carbons (Fsp3) is 0.333. The molecule has 0 aliphatic carbocycles. The highest BCUT2D eigenvalue weighted by Gasteiger charge is 2.21. The Morgan fingerprint density at radius 2 is 1.91 bits per heavy atom. The van der Waals surface area contributed by atoms with E-state index in [0.29, 0.717) is 11.5 Å². The topological polar surface area (TPSA) is 71.8 Å². The summed E-state index contributed by atoms with van der Waals surface area (Å²) in [6.45, 7) is 0.217. The van der Waals surface area contributed by atoms with Crippen molar-refractivity contribution >= 4 is 10.0 Å². The van der Waals surface area contributed by atoms with E-state index in [2.05, 4.69) is 4.72 Å². The molecule has 0 spiro atoms. The Morgan fingerprint density at radius 1 is 1.23 bits per heavy atom. The molecule has 0 amide bonds. The van der Waals surface area contributed by atoms with Crippen molar-refractivity contribution in [2.75, 3.05) is 27.7 Å². The van der Waals surface area contributed by atoms with Crippen molar-refractivity contribution in [3.8, 4) is 5.75 Å². The van der Waals surface area contributed by atoms with Crippen molar-refractivity contribution in [3.05, 3.63) is 48.4 Å². The van der Waals surface area contributed by atoms with Gasteiger partial charge in [-0.2, -0.15) is 0 Å². The number of benzene rings is 1. The second-order valence-electron chi connectivity index (χ2n) is 5.02. The third-order valence-corrected chi connectivity index (χ3v) is 4.77. The van der Waals surface area contributed by atoms with Crippen LogP contribution in [0, 0.1) is 0 Å². The first-order valence-corrected chi connectivity index (χ1v) is 8.26. The minimum atomic E-state index is -3.58. The Hall–Kier alpha value is -1.83. The molecule has 0 fully saturated rings. The van der Waals surface area contributed by atoms with Gasteiger partial charge in [0.15, 0.2) is 0 Å². The third kappa shape index (κ3) is 3.88. The van der Waals surface area contributed by atoms with Crippen molar-refractivity contribution in [1.29, 1.82) is 0 Å². The predicted octanol–water partition coefficient (Wildman–Crippen LogP) is 1.87. The number of nitrogens with one attached hydrogen (secondary N) is 1. The summed E-state index contributed by atoms with van der Waals surface area (Å²) in [4.78, 5) is 2.10. The fourth-order valence-corrected chi connectivity index (χ4v) is 3.08. The molecule has 0 unspecified atom stereocenters. The molecule has 6 nitrogen and oxygen atoms in total. The van der Waals surface area contributed by atoms with Gasteiger partial charge in [-0.25, -0.2) is 13.1 Å². The number of hydrogen-bond acceptors (Lipinski definition) is 5. The van der Waals surface area contributed by atoms with E-state index in [-0.39, 0.29) is 17.5 Å². The van der Waals surface area contributed by atoms with Crippen molar-refractivity contribution in [2.45, 2.75) is 10.9 Å². The van der Waals surface area contributed by atoms with E-state index < -0.39 is 10.0 Å². The molecule has 0 saturated carbocycles. The number of furan rings is 1. The molecule has 120 valence electrons. The number of ether oxygens (including phenoxy) is 1. The standard InChI is InChI=1S/C15H20N2O4S/c1-17(2)14(15-5-4-10-21-15)11-16-22(18,19)13-8-6-12(20-3)7-9-13/h4-10,14,16H,11H2,1-3H3/t14-/m1/s1. The Bertz CT molecular complexity index is 679. The minimum Gasteiger partial charge on any atom is -0.497 e. The van der Waals surface area contributed by atoms with E-state index in [1.165, 1.54) is 19.2 Å². The zero-order chi connectivity index (χ0) is 16.2. The second kappa shape index (κ2) is 6.95. The lowest BCUT2D eigenvalue weighted by Gasteiger charge is -2.22. The molecule has 2 aromatic rings. The predicted molar refractivity (Wildman–Crippen MR) is 83.3 cm³/mol. The maximum atomic E-state index is 12.3. The summed E-state index contributed by atoms with van der Waals surface area (Å²) < 4.78 is 37.7. The molecule has 1 N–H and O–H groups in total. The molecule has 1 aromatic carbocycles. The quantitative estimate of drug-likeness (QED) is 0.842. The Labute approximate surface area is 130 Å². The van der Waals surface area contributed by atoms with Gasteiger partial charge in [0.25, 0.3) is 0 Å². The maximum Gasteiger partial charge on any atom is 0.240 e. The van der Waals surface area contributed by atoms with Crippen molar-refractivity contribution < 1.29 is 17.6 Å².